The van der Waals surface area contributed by atoms with Crippen LogP contribution < -0.4 is 9.24 Å². The summed E-state index contributed by atoms with van der Waals surface area (Å²) in [5.74, 6) is 0. The van der Waals surface area contributed by atoms with Crippen molar-refractivity contribution in [3.05, 3.63) is 70.4 Å². The van der Waals surface area contributed by atoms with Gasteiger partial charge >= 0.3 is 7.37 Å². The molecule has 6 heteroatoms. The second-order valence-electron chi connectivity index (χ2n) is 5.23. The second-order valence-corrected chi connectivity index (χ2v) is 9.96. The maximum Gasteiger partial charge on any atom is 0.349 e. The zero-order valence-electron chi connectivity index (χ0n) is 12.2. The average Bonchev–Trinajstić information content (AvgIpc) is 3.34. The molecule has 1 aromatic carbocycles. The van der Waals surface area contributed by atoms with Gasteiger partial charge in [0.25, 0.3) is 0 Å². The molecule has 23 heavy (non-hydrogen) atoms. The first-order valence-electron chi connectivity index (χ1n) is 7.29. The number of hydrogen-bond acceptors (Lipinski definition) is 5. The molecule has 0 saturated carbocycles. The van der Waals surface area contributed by atoms with Gasteiger partial charge in [-0.15, -0.1) is 22.7 Å². The van der Waals surface area contributed by atoms with Gasteiger partial charge in [-0.2, -0.15) is 0 Å². The molecule has 3 aromatic rings. The molecule has 0 bridgehead atoms. The first-order chi connectivity index (χ1) is 11.3. The molecule has 0 unspecified atom stereocenters. The number of thiophene rings is 2. The van der Waals surface area contributed by atoms with E-state index in [1.807, 2.05) is 53.2 Å². The fraction of sp³-hybridized carbons (Fsp3) is 0.118. The normalized spacial score (nSPS) is 15.7. The Balaban J connectivity index is 1.71. The van der Waals surface area contributed by atoms with E-state index in [2.05, 4.69) is 11.2 Å². The molecule has 0 saturated heterocycles. The fourth-order valence-corrected chi connectivity index (χ4v) is 7.18. The highest BCUT2D eigenvalue weighted by atomic mass is 32.1. The van der Waals surface area contributed by atoms with E-state index in [1.54, 1.807) is 0 Å². The second kappa shape index (κ2) is 6.08. The van der Waals surface area contributed by atoms with Crippen LogP contribution in [0.15, 0.2) is 64.4 Å². The van der Waals surface area contributed by atoms with Crippen LogP contribution in [0, 0.1) is 0 Å². The smallest absolute Gasteiger partial charge is 0.328 e. The Morgan fingerprint density at radius 1 is 0.913 bits per heavy atom. The maximum absolute atomic E-state index is 13.5. The molecular formula is C17H14NO2PS2. The summed E-state index contributed by atoms with van der Waals surface area (Å²) in [5.41, 5.74) is 3.27. The fourth-order valence-electron chi connectivity index (χ4n) is 2.67. The third kappa shape index (κ3) is 2.69. The van der Waals surface area contributed by atoms with Gasteiger partial charge in [-0.05, 0) is 41.3 Å². The largest absolute Gasteiger partial charge is 0.349 e. The average molecular weight is 359 g/mol. The molecule has 0 amide bonds. The SMILES string of the molecule is O=P(O/N=C1\CCc2ccccc21)(c1cccs1)c1cccs1. The van der Waals surface area contributed by atoms with E-state index in [0.29, 0.717) is 0 Å². The van der Waals surface area contributed by atoms with E-state index in [9.17, 15) is 4.57 Å². The van der Waals surface area contributed by atoms with Gasteiger partial charge in [0.15, 0.2) is 0 Å². The Morgan fingerprint density at radius 2 is 1.61 bits per heavy atom. The molecule has 3 nitrogen and oxygen atoms in total. The Kier molecular flexibility index (Phi) is 3.93. The van der Waals surface area contributed by atoms with E-state index < -0.39 is 7.37 Å². The Morgan fingerprint density at radius 3 is 2.26 bits per heavy atom. The van der Waals surface area contributed by atoms with Crippen molar-refractivity contribution in [3.8, 4) is 0 Å². The Hall–Kier alpha value is -1.68. The number of nitrogens with zero attached hydrogens (tertiary/aromatic N) is 1. The molecule has 0 atom stereocenters. The number of hydrogen-bond donors (Lipinski definition) is 0. The topological polar surface area (TPSA) is 38.7 Å². The third-order valence-electron chi connectivity index (χ3n) is 3.82. The van der Waals surface area contributed by atoms with Crippen molar-refractivity contribution in [2.75, 3.05) is 0 Å². The summed E-state index contributed by atoms with van der Waals surface area (Å²) in [7, 11) is -3.14. The van der Waals surface area contributed by atoms with Crippen molar-refractivity contribution in [3.63, 3.8) is 0 Å². The van der Waals surface area contributed by atoms with Crippen LogP contribution in [0.1, 0.15) is 17.5 Å². The number of aryl methyl sites for hydroxylation is 1. The van der Waals surface area contributed by atoms with Gasteiger partial charge < -0.3 is 4.62 Å². The van der Waals surface area contributed by atoms with Gasteiger partial charge in [-0.25, -0.2) is 0 Å². The molecule has 116 valence electrons. The maximum atomic E-state index is 13.5. The van der Waals surface area contributed by atoms with Crippen LogP contribution in [0.5, 0.6) is 0 Å². The summed E-state index contributed by atoms with van der Waals surface area (Å²) in [6.45, 7) is 0. The Bertz CT molecular complexity index is 847. The molecule has 0 N–H and O–H groups in total. The van der Waals surface area contributed by atoms with E-state index in [-0.39, 0.29) is 0 Å². The molecule has 0 aliphatic heterocycles. The standard InChI is InChI=1S/C17H14NO2PS2/c19-21(16-7-3-11-22-16,17-8-4-12-23-17)20-18-15-10-9-13-5-1-2-6-14(13)15/h1-8,11-12H,9-10H2/b18-15+. The van der Waals surface area contributed by atoms with Gasteiger partial charge in [-0.3, -0.25) is 4.57 Å². The lowest BCUT2D eigenvalue weighted by Crippen LogP contribution is -2.12. The molecular weight excluding hydrogens is 345 g/mol. The molecule has 2 aromatic heterocycles. The van der Waals surface area contributed by atoms with E-state index in [4.69, 9.17) is 4.62 Å². The lowest BCUT2D eigenvalue weighted by molar-refractivity contribution is 0.349. The van der Waals surface area contributed by atoms with E-state index in [1.165, 1.54) is 28.2 Å². The summed E-state index contributed by atoms with van der Waals surface area (Å²) in [4.78, 5) is 0. The highest BCUT2D eigenvalue weighted by Crippen LogP contribution is 2.48. The summed E-state index contributed by atoms with van der Waals surface area (Å²) < 4.78 is 20.7. The van der Waals surface area contributed by atoms with Crippen LogP contribution in [-0.2, 0) is 15.6 Å². The molecule has 1 aliphatic carbocycles. The van der Waals surface area contributed by atoms with Crippen LogP contribution in [0.3, 0.4) is 0 Å². The van der Waals surface area contributed by atoms with Crippen molar-refractivity contribution < 1.29 is 9.19 Å². The van der Waals surface area contributed by atoms with E-state index >= 15 is 0 Å². The predicted octanol–water partition coefficient (Wildman–Crippen LogP) is 4.41. The lowest BCUT2D eigenvalue weighted by Gasteiger charge is -2.13. The first-order valence-corrected chi connectivity index (χ1v) is 10.7. The minimum atomic E-state index is -3.14. The molecule has 1 aliphatic rings. The molecule has 2 heterocycles. The van der Waals surface area contributed by atoms with Crippen molar-refractivity contribution in [2.24, 2.45) is 5.16 Å². The zero-order valence-corrected chi connectivity index (χ0v) is 14.7. The van der Waals surface area contributed by atoms with Crippen LogP contribution in [0.25, 0.3) is 0 Å². The van der Waals surface area contributed by atoms with Crippen LogP contribution in [0.4, 0.5) is 0 Å². The van der Waals surface area contributed by atoms with Crippen molar-refractivity contribution in [1.82, 2.24) is 0 Å². The van der Waals surface area contributed by atoms with Gasteiger partial charge in [0.05, 0.1) is 5.71 Å². The molecule has 4 rings (SSSR count). The summed E-state index contributed by atoms with van der Waals surface area (Å²) in [5, 5.41) is 8.14. The summed E-state index contributed by atoms with van der Waals surface area (Å²) in [6.07, 6.45) is 1.79. The third-order valence-corrected chi connectivity index (χ3v) is 9.00. The lowest BCUT2D eigenvalue weighted by atomic mass is 10.1. The van der Waals surface area contributed by atoms with Crippen molar-refractivity contribution in [2.45, 2.75) is 12.8 Å². The monoisotopic (exact) mass is 359 g/mol. The van der Waals surface area contributed by atoms with Gasteiger partial charge in [0, 0.05) is 5.56 Å². The number of oxime groups is 1. The van der Waals surface area contributed by atoms with Crippen molar-refractivity contribution in [1.29, 1.82) is 0 Å². The van der Waals surface area contributed by atoms with Gasteiger partial charge in [0.2, 0.25) is 0 Å². The van der Waals surface area contributed by atoms with Crippen molar-refractivity contribution >= 4 is 45.0 Å². The minimum absolute atomic E-state index is 0.732. The van der Waals surface area contributed by atoms with Crippen LogP contribution in [0.2, 0.25) is 0 Å². The quantitative estimate of drug-likeness (QED) is 0.511. The van der Waals surface area contributed by atoms with Gasteiger partial charge in [0.1, 0.15) is 9.24 Å². The molecule has 0 spiro atoms. The predicted molar refractivity (Wildman–Crippen MR) is 97.9 cm³/mol. The summed E-state index contributed by atoms with van der Waals surface area (Å²) >= 11 is 2.89. The number of benzene rings is 1. The number of rotatable bonds is 4. The minimum Gasteiger partial charge on any atom is -0.328 e. The highest BCUT2D eigenvalue weighted by molar-refractivity contribution is 7.83. The zero-order chi connectivity index (χ0) is 15.7. The molecule has 0 fully saturated rings. The van der Waals surface area contributed by atoms with Crippen LogP contribution >= 0.6 is 30.0 Å². The van der Waals surface area contributed by atoms with Crippen LogP contribution in [-0.4, -0.2) is 5.71 Å². The number of fused-ring (bicyclic) bond motifs is 1. The highest BCUT2D eigenvalue weighted by Gasteiger charge is 2.33. The first kappa shape index (κ1) is 14.9. The van der Waals surface area contributed by atoms with Gasteiger partial charge in [-0.1, -0.05) is 41.6 Å². The van der Waals surface area contributed by atoms with E-state index in [0.717, 1.165) is 33.4 Å². The Labute approximate surface area is 142 Å². The summed E-state index contributed by atoms with van der Waals surface area (Å²) in [6, 6.07) is 15.7. The molecule has 0 radical (unpaired) electrons.